The third-order valence-electron chi connectivity index (χ3n) is 8.16. The number of aliphatic hydroxyl groups is 3. The van der Waals surface area contributed by atoms with Gasteiger partial charge in [-0.15, -0.1) is 0 Å². The monoisotopic (exact) mass is 820 g/mol. The molecule has 10 atom stereocenters. The van der Waals surface area contributed by atoms with Gasteiger partial charge in [0.25, 0.3) is 6.23 Å². The van der Waals surface area contributed by atoms with Crippen LogP contribution < -0.4 is 15.4 Å². The number of pyridine rings is 1. The molecule has 5 heterocycles. The molecule has 1 aromatic carbocycles. The molecule has 2 fully saturated rings. The number of phosphoric acid groups is 3. The standard InChI is InChI=1S/C27H31N6O18P3/c28-23-18-24(30-11-29-23)33(12-31-18)26-22(50-52(39,40)41)20(35)17(49-26)10-47-54(44,45)51-53(42,43)46-9-16-19(34)21(36)25(48-16)32-7-6-14(15(8-32)27(37)38)13-4-2-1-3-5-13/h1-8,11-12,16-17,19-22,25-26,34-36H,9-10H2,(H6-,28,29,30,37,38,39,40,41,42,43,44,45)/t16-,17+,19-,20+,21-,22+,25-,26+/m0/s1. The van der Waals surface area contributed by atoms with E-state index in [0.29, 0.717) is 5.56 Å². The summed E-state index contributed by atoms with van der Waals surface area (Å²) in [5.41, 5.74) is 6.36. The molecule has 0 saturated carbocycles. The van der Waals surface area contributed by atoms with Gasteiger partial charge in [-0.05, 0) is 5.56 Å². The number of carboxylic acids is 1. The summed E-state index contributed by atoms with van der Waals surface area (Å²) >= 11 is 0. The van der Waals surface area contributed by atoms with Crippen molar-refractivity contribution in [3.8, 4) is 11.1 Å². The fourth-order valence-corrected chi connectivity index (χ4v) is 8.37. The Morgan fingerprint density at radius 3 is 2.19 bits per heavy atom. The second kappa shape index (κ2) is 15.5. The van der Waals surface area contributed by atoms with Crippen molar-refractivity contribution in [2.45, 2.75) is 49.1 Å². The number of rotatable bonds is 14. The molecule has 2 saturated heterocycles. The maximum atomic E-state index is 12.7. The molecule has 2 aliphatic heterocycles. The number of aromatic carboxylic acids is 1. The Bertz CT molecular complexity index is 2160. The van der Waals surface area contributed by atoms with Crippen molar-refractivity contribution in [1.29, 1.82) is 0 Å². The van der Waals surface area contributed by atoms with Crippen molar-refractivity contribution in [3.05, 3.63) is 67.0 Å². The Morgan fingerprint density at radius 1 is 0.907 bits per heavy atom. The lowest BCUT2D eigenvalue weighted by atomic mass is 10.0. The van der Waals surface area contributed by atoms with Gasteiger partial charge in [0.1, 0.15) is 42.4 Å². The number of hydrogen-bond donors (Lipinski definition) is 8. The molecule has 0 bridgehead atoms. The van der Waals surface area contributed by atoms with Gasteiger partial charge in [-0.1, -0.05) is 30.3 Å². The van der Waals surface area contributed by atoms with Crippen LogP contribution in [-0.4, -0.2) is 110 Å². The van der Waals surface area contributed by atoms with Crippen LogP contribution in [0.3, 0.4) is 0 Å². The van der Waals surface area contributed by atoms with Crippen LogP contribution in [0.25, 0.3) is 22.3 Å². The number of imidazole rings is 1. The van der Waals surface area contributed by atoms with Crippen LogP contribution in [0, 0.1) is 0 Å². The number of anilines is 1. The smallest absolute Gasteiger partial charge is 0.481 e. The Balaban J connectivity index is 1.08. The number of nitrogen functional groups attached to an aromatic ring is 1. The maximum Gasteiger partial charge on any atom is 0.481 e. The molecule has 0 aliphatic carbocycles. The van der Waals surface area contributed by atoms with Gasteiger partial charge in [-0.25, -0.2) is 28.6 Å². The van der Waals surface area contributed by atoms with Crippen molar-refractivity contribution in [3.63, 3.8) is 0 Å². The Kier molecular flexibility index (Phi) is 11.5. The Labute approximate surface area is 302 Å². The highest BCUT2D eigenvalue weighted by molar-refractivity contribution is 7.61. The molecule has 292 valence electrons. The summed E-state index contributed by atoms with van der Waals surface area (Å²) in [4.78, 5) is 62.9. The number of carbonyl (C=O) groups is 1. The fourth-order valence-electron chi connectivity index (χ4n) is 5.74. The maximum absolute atomic E-state index is 12.7. The molecule has 4 aromatic rings. The lowest BCUT2D eigenvalue weighted by Crippen LogP contribution is -2.46. The largest absolute Gasteiger partial charge is 0.545 e. The molecule has 3 aromatic heterocycles. The summed E-state index contributed by atoms with van der Waals surface area (Å²) in [5, 5.41) is 43.9. The van der Waals surface area contributed by atoms with E-state index in [0.717, 1.165) is 28.0 Å². The molecule has 0 radical (unpaired) electrons. The van der Waals surface area contributed by atoms with E-state index in [-0.39, 0.29) is 28.1 Å². The van der Waals surface area contributed by atoms with Gasteiger partial charge in [0.05, 0.1) is 31.1 Å². The van der Waals surface area contributed by atoms with E-state index in [2.05, 4.69) is 19.3 Å². The first-order chi connectivity index (χ1) is 25.3. The van der Waals surface area contributed by atoms with Crippen molar-refractivity contribution in [2.24, 2.45) is 0 Å². The molecule has 6 rings (SSSR count). The third kappa shape index (κ3) is 8.75. The van der Waals surface area contributed by atoms with Crippen LogP contribution in [-0.2, 0) is 41.1 Å². The summed E-state index contributed by atoms with van der Waals surface area (Å²) in [6, 6.07) is 9.85. The predicted octanol–water partition coefficient (Wildman–Crippen LogP) is -1.97. The highest BCUT2D eigenvalue weighted by Gasteiger charge is 2.51. The quantitative estimate of drug-likeness (QED) is 0.0505. The highest BCUT2D eigenvalue weighted by atomic mass is 31.3. The van der Waals surface area contributed by atoms with Crippen LogP contribution in [0.4, 0.5) is 5.82 Å². The van der Waals surface area contributed by atoms with E-state index in [1.165, 1.54) is 12.3 Å². The Morgan fingerprint density at radius 2 is 1.56 bits per heavy atom. The number of fused-ring (bicyclic) bond motifs is 1. The first kappa shape index (κ1) is 40.0. The molecule has 0 spiro atoms. The average molecular weight is 820 g/mol. The number of aromatic nitrogens is 5. The number of aliphatic hydroxyl groups excluding tert-OH is 3. The van der Waals surface area contributed by atoms with Gasteiger partial charge in [0.15, 0.2) is 36.2 Å². The first-order valence-corrected chi connectivity index (χ1v) is 19.9. The number of hydrogen-bond acceptors (Lipinski definition) is 18. The molecule has 9 N–H and O–H groups in total. The first-order valence-electron chi connectivity index (χ1n) is 15.3. The second-order valence-corrected chi connectivity index (χ2v) is 16.0. The molecule has 2 aliphatic rings. The van der Waals surface area contributed by atoms with Gasteiger partial charge in [0.2, 0.25) is 0 Å². The van der Waals surface area contributed by atoms with Crippen LogP contribution in [0.5, 0.6) is 0 Å². The number of carbonyl (C=O) groups excluding carboxylic acids is 1. The predicted molar refractivity (Wildman–Crippen MR) is 172 cm³/mol. The minimum atomic E-state index is -5.57. The molecular formula is C27H31N6O18P3. The van der Waals surface area contributed by atoms with Gasteiger partial charge in [0, 0.05) is 11.6 Å². The van der Waals surface area contributed by atoms with Crippen molar-refractivity contribution >= 4 is 46.4 Å². The second-order valence-electron chi connectivity index (χ2n) is 11.7. The van der Waals surface area contributed by atoms with Crippen LogP contribution >= 0.6 is 23.5 Å². The van der Waals surface area contributed by atoms with Gasteiger partial charge >= 0.3 is 23.5 Å². The minimum absolute atomic E-state index is 0.00724. The molecule has 0 amide bonds. The summed E-state index contributed by atoms with van der Waals surface area (Å²) in [5.74, 6) is -1.62. The number of nitrogens with zero attached hydrogens (tertiary/aromatic N) is 5. The fraction of sp³-hybridized carbons (Fsp3) is 0.370. The zero-order valence-electron chi connectivity index (χ0n) is 27.1. The van der Waals surface area contributed by atoms with Crippen LogP contribution in [0.15, 0.2) is 61.4 Å². The molecule has 2 unspecified atom stereocenters. The normalized spacial score (nSPS) is 28.2. The van der Waals surface area contributed by atoms with Gasteiger partial charge in [-0.2, -0.15) is 8.88 Å². The zero-order chi connectivity index (χ0) is 39.2. The van der Waals surface area contributed by atoms with Gasteiger partial charge in [-0.3, -0.25) is 18.1 Å². The summed E-state index contributed by atoms with van der Waals surface area (Å²) < 4.78 is 68.8. The molecule has 54 heavy (non-hydrogen) atoms. The SMILES string of the molecule is Nc1ncnc2c1ncn2[C@@H]1O[C@H](COP(=O)(O)OP(=O)(O)OC[C@@H]2O[C@H]([n+]3ccc(-c4ccccc4)c(C(=O)[O-])c3)[C@@H](O)[C@H]2O)[C@@H](O)[C@H]1OP(=O)(O)O. The summed E-state index contributed by atoms with van der Waals surface area (Å²) in [6.45, 7) is -2.11. The lowest BCUT2D eigenvalue weighted by molar-refractivity contribution is -0.765. The van der Waals surface area contributed by atoms with Crippen LogP contribution in [0.1, 0.15) is 22.8 Å². The number of ether oxygens (including phenoxy) is 2. The van der Waals surface area contributed by atoms with E-state index in [1.807, 2.05) is 0 Å². The van der Waals surface area contributed by atoms with E-state index >= 15 is 0 Å². The number of benzene rings is 1. The average Bonchev–Trinajstić information content (AvgIpc) is 3.75. The molecule has 24 nitrogen and oxygen atoms in total. The van der Waals surface area contributed by atoms with E-state index in [1.54, 1.807) is 30.3 Å². The minimum Gasteiger partial charge on any atom is -0.545 e. The summed E-state index contributed by atoms with van der Waals surface area (Å²) in [7, 11) is -16.4. The number of nitrogens with two attached hydrogens (primary N) is 1. The topological polar surface area (TPSA) is 362 Å². The lowest BCUT2D eigenvalue weighted by Gasteiger charge is -2.22. The molecular weight excluding hydrogens is 789 g/mol. The molecule has 27 heteroatoms. The summed E-state index contributed by atoms with van der Waals surface area (Å²) in [6.07, 6.45) is -9.03. The van der Waals surface area contributed by atoms with Gasteiger partial charge < -0.3 is 60.0 Å². The van der Waals surface area contributed by atoms with Crippen molar-refractivity contribution in [2.75, 3.05) is 18.9 Å². The van der Waals surface area contributed by atoms with Crippen molar-refractivity contribution < 1.29 is 90.4 Å². The van der Waals surface area contributed by atoms with Crippen molar-refractivity contribution in [1.82, 2.24) is 19.5 Å². The van der Waals surface area contributed by atoms with E-state index in [4.69, 9.17) is 28.8 Å². The third-order valence-corrected chi connectivity index (χ3v) is 11.3. The van der Waals surface area contributed by atoms with Crippen LogP contribution in [0.2, 0.25) is 0 Å². The zero-order valence-corrected chi connectivity index (χ0v) is 29.8. The Hall–Kier alpha value is -3.64. The van der Waals surface area contributed by atoms with E-state index < -0.39 is 91.7 Å². The highest BCUT2D eigenvalue weighted by Crippen LogP contribution is 2.61. The number of phosphoric ester groups is 3. The number of carboxylic acid groups (broad SMARTS) is 1. The van der Waals surface area contributed by atoms with E-state index in [9.17, 15) is 58.5 Å².